The lowest BCUT2D eigenvalue weighted by Crippen LogP contribution is -2.11. The topological polar surface area (TPSA) is 68.5 Å². The Hall–Kier alpha value is -3.86. The molecule has 138 valence electrons. The lowest BCUT2D eigenvalue weighted by molar-refractivity contribution is 0.102. The second kappa shape index (κ2) is 7.40. The van der Waals surface area contributed by atoms with Crippen LogP contribution in [0.5, 0.6) is 5.75 Å². The number of anilines is 1. The second-order valence-corrected chi connectivity index (χ2v) is 6.25. The molecule has 1 amide bonds. The van der Waals surface area contributed by atoms with E-state index in [2.05, 4.69) is 5.32 Å². The average molecular weight is 371 g/mol. The zero-order chi connectivity index (χ0) is 19.5. The van der Waals surface area contributed by atoms with Crippen molar-refractivity contribution >= 4 is 22.6 Å². The molecule has 0 aliphatic rings. The summed E-state index contributed by atoms with van der Waals surface area (Å²) in [6, 6.07) is 23.2. The quantitative estimate of drug-likeness (QED) is 0.527. The van der Waals surface area contributed by atoms with Crippen molar-refractivity contribution < 1.29 is 13.9 Å². The van der Waals surface area contributed by atoms with Crippen LogP contribution in [-0.2, 0) is 0 Å². The number of hydrogen-bond acceptors (Lipinski definition) is 4. The van der Waals surface area contributed by atoms with Gasteiger partial charge in [-0.15, -0.1) is 0 Å². The third-order valence-electron chi connectivity index (χ3n) is 4.43. The minimum Gasteiger partial charge on any atom is -0.497 e. The predicted molar refractivity (Wildman–Crippen MR) is 109 cm³/mol. The van der Waals surface area contributed by atoms with Crippen LogP contribution in [0.25, 0.3) is 22.1 Å². The van der Waals surface area contributed by atoms with Crippen LogP contribution in [0.1, 0.15) is 10.4 Å². The molecule has 5 heteroatoms. The van der Waals surface area contributed by atoms with Crippen molar-refractivity contribution in [2.45, 2.75) is 0 Å². The van der Waals surface area contributed by atoms with Crippen LogP contribution < -0.4 is 15.7 Å². The Morgan fingerprint density at radius 1 is 0.929 bits per heavy atom. The number of rotatable bonds is 4. The van der Waals surface area contributed by atoms with Crippen molar-refractivity contribution in [3.8, 4) is 16.9 Å². The number of benzene rings is 3. The Bertz CT molecular complexity index is 1190. The van der Waals surface area contributed by atoms with Gasteiger partial charge >= 0.3 is 5.63 Å². The van der Waals surface area contributed by atoms with E-state index in [1.165, 1.54) is 0 Å². The summed E-state index contributed by atoms with van der Waals surface area (Å²) in [6.07, 6.45) is 0. The van der Waals surface area contributed by atoms with Crippen LogP contribution >= 0.6 is 0 Å². The average Bonchev–Trinajstić information content (AvgIpc) is 2.74. The molecule has 5 nitrogen and oxygen atoms in total. The molecule has 0 aliphatic carbocycles. The minimum absolute atomic E-state index is 0.187. The summed E-state index contributed by atoms with van der Waals surface area (Å²) >= 11 is 0. The number of hydrogen-bond donors (Lipinski definition) is 1. The molecule has 1 aromatic heterocycles. The summed E-state index contributed by atoms with van der Waals surface area (Å²) in [5, 5.41) is 3.64. The van der Waals surface area contributed by atoms with Gasteiger partial charge in [0.1, 0.15) is 11.3 Å². The fourth-order valence-corrected chi connectivity index (χ4v) is 2.95. The first-order chi connectivity index (χ1) is 13.6. The van der Waals surface area contributed by atoms with E-state index >= 15 is 0 Å². The highest BCUT2D eigenvalue weighted by atomic mass is 16.5. The standard InChI is InChI=1S/C23H17NO4/c1-27-19-12-9-17-13-20(23(26)28-21(17)14-19)15-7-10-18(11-8-15)24-22(25)16-5-3-2-4-6-16/h2-14H,1H3,(H,24,25). The molecule has 1 N–H and O–H groups in total. The molecular formula is C23H17NO4. The lowest BCUT2D eigenvalue weighted by Gasteiger charge is -2.07. The molecule has 4 rings (SSSR count). The molecule has 28 heavy (non-hydrogen) atoms. The first-order valence-electron chi connectivity index (χ1n) is 8.73. The van der Waals surface area contributed by atoms with E-state index in [4.69, 9.17) is 9.15 Å². The Labute approximate surface area is 161 Å². The Kier molecular flexibility index (Phi) is 4.64. The molecule has 0 unspecified atom stereocenters. The van der Waals surface area contributed by atoms with Gasteiger partial charge in [-0.2, -0.15) is 0 Å². The Morgan fingerprint density at radius 3 is 2.39 bits per heavy atom. The Balaban J connectivity index is 1.61. The van der Waals surface area contributed by atoms with E-state index in [0.29, 0.717) is 33.7 Å². The van der Waals surface area contributed by atoms with E-state index in [1.807, 2.05) is 30.3 Å². The van der Waals surface area contributed by atoms with Gasteiger partial charge in [0, 0.05) is 22.7 Å². The van der Waals surface area contributed by atoms with Crippen LogP contribution in [0.2, 0.25) is 0 Å². The van der Waals surface area contributed by atoms with Gasteiger partial charge in [0.25, 0.3) is 5.91 Å². The number of methoxy groups -OCH3 is 1. The van der Waals surface area contributed by atoms with Gasteiger partial charge in [-0.1, -0.05) is 30.3 Å². The number of amides is 1. The van der Waals surface area contributed by atoms with Crippen molar-refractivity contribution in [1.29, 1.82) is 0 Å². The van der Waals surface area contributed by atoms with Crippen LogP contribution in [-0.4, -0.2) is 13.0 Å². The Morgan fingerprint density at radius 2 is 1.68 bits per heavy atom. The van der Waals surface area contributed by atoms with Crippen molar-refractivity contribution in [1.82, 2.24) is 0 Å². The van der Waals surface area contributed by atoms with Gasteiger partial charge in [0.2, 0.25) is 0 Å². The third kappa shape index (κ3) is 3.50. The summed E-state index contributed by atoms with van der Waals surface area (Å²) < 4.78 is 10.6. The molecule has 0 saturated heterocycles. The maximum Gasteiger partial charge on any atom is 0.344 e. The molecular weight excluding hydrogens is 354 g/mol. The highest BCUT2D eigenvalue weighted by molar-refractivity contribution is 6.04. The van der Waals surface area contributed by atoms with Crippen LogP contribution in [0.3, 0.4) is 0 Å². The number of fused-ring (bicyclic) bond motifs is 1. The van der Waals surface area contributed by atoms with Gasteiger partial charge in [-0.3, -0.25) is 4.79 Å². The smallest absolute Gasteiger partial charge is 0.344 e. The normalized spacial score (nSPS) is 10.6. The van der Waals surface area contributed by atoms with E-state index in [1.54, 1.807) is 55.6 Å². The molecule has 0 saturated carbocycles. The largest absolute Gasteiger partial charge is 0.497 e. The molecule has 0 aliphatic heterocycles. The summed E-state index contributed by atoms with van der Waals surface area (Å²) in [4.78, 5) is 24.6. The van der Waals surface area contributed by atoms with Crippen LogP contribution in [0, 0.1) is 0 Å². The van der Waals surface area contributed by atoms with Crippen LogP contribution in [0.4, 0.5) is 5.69 Å². The third-order valence-corrected chi connectivity index (χ3v) is 4.43. The molecule has 0 fully saturated rings. The molecule has 0 atom stereocenters. The number of carbonyl (C=O) groups is 1. The van der Waals surface area contributed by atoms with Gasteiger partial charge in [-0.25, -0.2) is 4.79 Å². The van der Waals surface area contributed by atoms with Crippen molar-refractivity contribution in [2.75, 3.05) is 12.4 Å². The molecule has 1 heterocycles. The minimum atomic E-state index is -0.429. The first-order valence-corrected chi connectivity index (χ1v) is 8.73. The number of nitrogens with one attached hydrogen (secondary N) is 1. The van der Waals surface area contributed by atoms with E-state index in [0.717, 1.165) is 5.39 Å². The van der Waals surface area contributed by atoms with Crippen LogP contribution in [0.15, 0.2) is 88.1 Å². The van der Waals surface area contributed by atoms with E-state index in [-0.39, 0.29) is 5.91 Å². The summed E-state index contributed by atoms with van der Waals surface area (Å²) in [7, 11) is 1.56. The van der Waals surface area contributed by atoms with Gasteiger partial charge < -0.3 is 14.5 Å². The fourth-order valence-electron chi connectivity index (χ4n) is 2.95. The lowest BCUT2D eigenvalue weighted by atomic mass is 10.1. The van der Waals surface area contributed by atoms with Gasteiger partial charge in [-0.05, 0) is 48.0 Å². The summed E-state index contributed by atoms with van der Waals surface area (Å²) in [5.41, 5.74) is 2.44. The van der Waals surface area contributed by atoms with E-state index < -0.39 is 5.63 Å². The number of carbonyl (C=O) groups excluding carboxylic acids is 1. The summed E-state index contributed by atoms with van der Waals surface area (Å²) in [5.74, 6) is 0.439. The monoisotopic (exact) mass is 371 g/mol. The highest BCUT2D eigenvalue weighted by Gasteiger charge is 2.10. The van der Waals surface area contributed by atoms with Gasteiger partial charge in [0.05, 0.1) is 12.7 Å². The van der Waals surface area contributed by atoms with Crippen molar-refractivity contribution in [3.63, 3.8) is 0 Å². The first kappa shape index (κ1) is 17.5. The SMILES string of the molecule is COc1ccc2cc(-c3ccc(NC(=O)c4ccccc4)cc3)c(=O)oc2c1. The van der Waals surface area contributed by atoms with E-state index in [9.17, 15) is 9.59 Å². The molecule has 0 spiro atoms. The molecule has 0 radical (unpaired) electrons. The molecule has 3 aromatic carbocycles. The maximum absolute atomic E-state index is 12.4. The molecule has 4 aromatic rings. The summed E-state index contributed by atoms with van der Waals surface area (Å²) in [6.45, 7) is 0. The number of ether oxygens (including phenoxy) is 1. The zero-order valence-electron chi connectivity index (χ0n) is 15.1. The predicted octanol–water partition coefficient (Wildman–Crippen LogP) is 4.72. The van der Waals surface area contributed by atoms with Crippen molar-refractivity contribution in [3.05, 3.63) is 94.8 Å². The highest BCUT2D eigenvalue weighted by Crippen LogP contribution is 2.25. The van der Waals surface area contributed by atoms with Crippen molar-refractivity contribution in [2.24, 2.45) is 0 Å². The second-order valence-electron chi connectivity index (χ2n) is 6.25. The maximum atomic E-state index is 12.4. The molecule has 0 bridgehead atoms. The fraction of sp³-hybridized carbons (Fsp3) is 0.0435. The zero-order valence-corrected chi connectivity index (χ0v) is 15.1. The van der Waals surface area contributed by atoms with Gasteiger partial charge in [0.15, 0.2) is 0 Å².